The van der Waals surface area contributed by atoms with Gasteiger partial charge in [0.15, 0.2) is 23.9 Å². The molecule has 0 radical (unpaired) electrons. The second-order valence-corrected chi connectivity index (χ2v) is 5.80. The Labute approximate surface area is 161 Å². The third-order valence-electron chi connectivity index (χ3n) is 3.43. The van der Waals surface area contributed by atoms with E-state index in [0.717, 1.165) is 0 Å². The number of amides is 1. The number of carbonyl (C=O) groups excluding carboxylic acids is 3. The van der Waals surface area contributed by atoms with Gasteiger partial charge in [-0.15, -0.1) is 0 Å². The highest BCUT2D eigenvalue weighted by Gasteiger charge is 2.22. The highest BCUT2D eigenvalue weighted by molar-refractivity contribution is 6.07. The van der Waals surface area contributed by atoms with Crippen LogP contribution in [0.4, 0.5) is 5.69 Å². The molecule has 0 aliphatic heterocycles. The molecule has 1 aromatic heterocycles. The molecule has 1 N–H and O–H groups in total. The summed E-state index contributed by atoms with van der Waals surface area (Å²) in [4.78, 5) is 36.4. The summed E-state index contributed by atoms with van der Waals surface area (Å²) in [6.07, 6.45) is 1.01. The van der Waals surface area contributed by atoms with Gasteiger partial charge in [-0.3, -0.25) is 4.79 Å². The van der Waals surface area contributed by atoms with Crippen molar-refractivity contribution in [2.75, 3.05) is 26.1 Å². The first-order valence-electron chi connectivity index (χ1n) is 8.33. The van der Waals surface area contributed by atoms with E-state index in [2.05, 4.69) is 5.32 Å². The summed E-state index contributed by atoms with van der Waals surface area (Å²) in [5, 5.41) is 2.55. The van der Waals surface area contributed by atoms with Crippen LogP contribution >= 0.6 is 0 Å². The number of ether oxygens (including phenoxy) is 4. The fourth-order valence-corrected chi connectivity index (χ4v) is 2.24. The quantitative estimate of drug-likeness (QED) is 0.683. The van der Waals surface area contributed by atoms with Crippen LogP contribution in [-0.4, -0.2) is 44.8 Å². The zero-order valence-electron chi connectivity index (χ0n) is 15.9. The molecule has 0 fully saturated rings. The monoisotopic (exact) mass is 391 g/mol. The number of hydrogen-bond donors (Lipinski definition) is 1. The minimum Gasteiger partial charge on any atom is -0.493 e. The van der Waals surface area contributed by atoms with E-state index in [1.807, 2.05) is 0 Å². The van der Waals surface area contributed by atoms with Crippen LogP contribution in [0.25, 0.3) is 0 Å². The van der Waals surface area contributed by atoms with E-state index in [1.165, 1.54) is 38.7 Å². The highest BCUT2D eigenvalue weighted by atomic mass is 16.6. The summed E-state index contributed by atoms with van der Waals surface area (Å²) in [5.74, 6) is -1.54. The van der Waals surface area contributed by atoms with Gasteiger partial charge in [-0.05, 0) is 26.0 Å². The summed E-state index contributed by atoms with van der Waals surface area (Å²) in [5.41, 5.74) is 0.0659. The van der Waals surface area contributed by atoms with E-state index in [1.54, 1.807) is 19.9 Å². The molecule has 0 spiro atoms. The average Bonchev–Trinajstić information content (AvgIpc) is 3.20. The summed E-state index contributed by atoms with van der Waals surface area (Å²) < 4.78 is 25.3. The van der Waals surface area contributed by atoms with Gasteiger partial charge in [0, 0.05) is 12.1 Å². The average molecular weight is 391 g/mol. The van der Waals surface area contributed by atoms with E-state index < -0.39 is 24.5 Å². The van der Waals surface area contributed by atoms with Crippen LogP contribution < -0.4 is 14.8 Å². The molecular formula is C19H21NO8. The third kappa shape index (κ3) is 5.26. The van der Waals surface area contributed by atoms with Crippen molar-refractivity contribution in [3.63, 3.8) is 0 Å². The molecule has 0 saturated carbocycles. The lowest BCUT2D eigenvalue weighted by Crippen LogP contribution is -2.21. The highest BCUT2D eigenvalue weighted by Crippen LogP contribution is 2.34. The second kappa shape index (κ2) is 9.45. The van der Waals surface area contributed by atoms with Crippen molar-refractivity contribution >= 4 is 23.5 Å². The van der Waals surface area contributed by atoms with E-state index in [-0.39, 0.29) is 34.6 Å². The number of methoxy groups -OCH3 is 2. The number of furan rings is 1. The van der Waals surface area contributed by atoms with E-state index in [4.69, 9.17) is 23.4 Å². The minimum absolute atomic E-state index is 0.0325. The lowest BCUT2D eigenvalue weighted by atomic mass is 10.1. The Morgan fingerprint density at radius 2 is 1.79 bits per heavy atom. The van der Waals surface area contributed by atoms with Gasteiger partial charge in [-0.2, -0.15) is 0 Å². The van der Waals surface area contributed by atoms with Gasteiger partial charge >= 0.3 is 11.9 Å². The molecule has 2 aromatic rings. The first-order chi connectivity index (χ1) is 13.3. The van der Waals surface area contributed by atoms with Gasteiger partial charge in [-0.1, -0.05) is 0 Å². The number of hydrogen-bond acceptors (Lipinski definition) is 8. The molecule has 0 aliphatic rings. The molecule has 1 heterocycles. The van der Waals surface area contributed by atoms with Crippen molar-refractivity contribution in [2.45, 2.75) is 20.0 Å². The zero-order chi connectivity index (χ0) is 20.7. The van der Waals surface area contributed by atoms with Crippen LogP contribution in [0.3, 0.4) is 0 Å². The minimum atomic E-state index is -0.851. The summed E-state index contributed by atoms with van der Waals surface area (Å²) in [6, 6.07) is 5.77. The third-order valence-corrected chi connectivity index (χ3v) is 3.43. The Kier molecular flexibility index (Phi) is 7.02. The molecule has 28 heavy (non-hydrogen) atoms. The predicted octanol–water partition coefficient (Wildman–Crippen LogP) is 2.66. The van der Waals surface area contributed by atoms with Crippen molar-refractivity contribution in [1.29, 1.82) is 0 Å². The molecule has 0 atom stereocenters. The molecule has 0 saturated heterocycles. The largest absolute Gasteiger partial charge is 0.493 e. The standard InChI is InChI=1S/C19H21NO8/c1-11(2)28-17(21)10-27-19(23)12-8-15(24-3)16(25-4)9-13(12)20-18(22)14-6-5-7-26-14/h5-9,11H,10H2,1-4H3,(H,20,22). The summed E-state index contributed by atoms with van der Waals surface area (Å²) in [6.45, 7) is 2.78. The Hall–Kier alpha value is -3.49. The molecule has 2 rings (SSSR count). The van der Waals surface area contributed by atoms with Crippen LogP contribution in [0.2, 0.25) is 0 Å². The number of anilines is 1. The number of nitrogens with one attached hydrogen (secondary N) is 1. The SMILES string of the molecule is COc1cc(NC(=O)c2ccco2)c(C(=O)OCC(=O)OC(C)C)cc1OC. The lowest BCUT2D eigenvalue weighted by Gasteiger charge is -2.15. The number of rotatable bonds is 8. The van der Waals surface area contributed by atoms with Gasteiger partial charge in [0.2, 0.25) is 0 Å². The van der Waals surface area contributed by atoms with Crippen LogP contribution in [0, 0.1) is 0 Å². The maximum absolute atomic E-state index is 12.5. The Morgan fingerprint density at radius 1 is 1.11 bits per heavy atom. The topological polar surface area (TPSA) is 113 Å². The normalized spacial score (nSPS) is 10.3. The molecule has 1 aromatic carbocycles. The van der Waals surface area contributed by atoms with E-state index >= 15 is 0 Å². The number of esters is 2. The van der Waals surface area contributed by atoms with Gasteiger partial charge < -0.3 is 28.7 Å². The fourth-order valence-electron chi connectivity index (χ4n) is 2.24. The Balaban J connectivity index is 2.27. The summed E-state index contributed by atoms with van der Waals surface area (Å²) in [7, 11) is 2.81. The molecule has 9 nitrogen and oxygen atoms in total. The fraction of sp³-hybridized carbons (Fsp3) is 0.316. The zero-order valence-corrected chi connectivity index (χ0v) is 15.9. The van der Waals surface area contributed by atoms with E-state index in [9.17, 15) is 14.4 Å². The maximum atomic E-state index is 12.5. The van der Waals surface area contributed by atoms with Crippen LogP contribution in [0.15, 0.2) is 34.9 Å². The maximum Gasteiger partial charge on any atom is 0.344 e. The summed E-state index contributed by atoms with van der Waals surface area (Å²) >= 11 is 0. The van der Waals surface area contributed by atoms with Crippen LogP contribution in [0.5, 0.6) is 11.5 Å². The Bertz CT molecular complexity index is 842. The first kappa shape index (κ1) is 20.8. The molecular weight excluding hydrogens is 370 g/mol. The number of benzene rings is 1. The van der Waals surface area contributed by atoms with Gasteiger partial charge in [0.1, 0.15) is 0 Å². The first-order valence-corrected chi connectivity index (χ1v) is 8.33. The molecule has 150 valence electrons. The lowest BCUT2D eigenvalue weighted by molar-refractivity contribution is -0.150. The van der Waals surface area contributed by atoms with Gasteiger partial charge in [0.25, 0.3) is 5.91 Å². The van der Waals surface area contributed by atoms with Crippen molar-refractivity contribution < 1.29 is 37.7 Å². The Morgan fingerprint density at radius 3 is 2.36 bits per heavy atom. The van der Waals surface area contributed by atoms with Crippen LogP contribution in [0.1, 0.15) is 34.8 Å². The van der Waals surface area contributed by atoms with Crippen molar-refractivity contribution in [3.8, 4) is 11.5 Å². The smallest absolute Gasteiger partial charge is 0.344 e. The molecule has 0 bridgehead atoms. The van der Waals surface area contributed by atoms with E-state index in [0.29, 0.717) is 0 Å². The van der Waals surface area contributed by atoms with Crippen molar-refractivity contribution in [1.82, 2.24) is 0 Å². The molecule has 0 unspecified atom stereocenters. The van der Waals surface area contributed by atoms with Crippen LogP contribution in [-0.2, 0) is 14.3 Å². The predicted molar refractivity (Wildman–Crippen MR) is 97.7 cm³/mol. The molecule has 0 aliphatic carbocycles. The molecule has 1 amide bonds. The van der Waals surface area contributed by atoms with Gasteiger partial charge in [0.05, 0.1) is 37.8 Å². The van der Waals surface area contributed by atoms with Crippen molar-refractivity contribution in [2.24, 2.45) is 0 Å². The van der Waals surface area contributed by atoms with Crippen molar-refractivity contribution in [3.05, 3.63) is 41.9 Å². The van der Waals surface area contributed by atoms with Gasteiger partial charge in [-0.25, -0.2) is 9.59 Å². The second-order valence-electron chi connectivity index (χ2n) is 5.80. The number of carbonyl (C=O) groups is 3. The molecule has 9 heteroatoms.